The summed E-state index contributed by atoms with van der Waals surface area (Å²) < 4.78 is 13.5. The topological polar surface area (TPSA) is 76.5 Å². The molecule has 0 bridgehead atoms. The summed E-state index contributed by atoms with van der Waals surface area (Å²) in [5.41, 5.74) is 4.02. The lowest BCUT2D eigenvalue weighted by atomic mass is 10.1. The zero-order chi connectivity index (χ0) is 24.2. The molecule has 2 aromatic heterocycles. The SMILES string of the molecule is c1cc(NC2CCNCC2)c2nc(-n3cnc4cc(OCCCN5CCOCC5)ccc43)ccc2c1. The van der Waals surface area contributed by atoms with Crippen LogP contribution in [0.5, 0.6) is 5.75 Å². The van der Waals surface area contributed by atoms with E-state index in [1.165, 1.54) is 0 Å². The average Bonchev–Trinajstić information content (AvgIpc) is 3.36. The lowest BCUT2D eigenvalue weighted by Crippen LogP contribution is -2.37. The summed E-state index contributed by atoms with van der Waals surface area (Å²) in [6.07, 6.45) is 5.10. The van der Waals surface area contributed by atoms with Crippen molar-refractivity contribution >= 4 is 27.6 Å². The highest BCUT2D eigenvalue weighted by Gasteiger charge is 2.15. The summed E-state index contributed by atoms with van der Waals surface area (Å²) in [6.45, 7) is 7.56. The van der Waals surface area contributed by atoms with Crippen molar-refractivity contribution < 1.29 is 9.47 Å². The number of imidazole rings is 1. The Morgan fingerprint density at radius 3 is 2.83 bits per heavy atom. The second-order valence-electron chi connectivity index (χ2n) is 9.64. The number of nitrogens with zero attached hydrogens (tertiary/aromatic N) is 4. The van der Waals surface area contributed by atoms with Crippen molar-refractivity contribution in [3.63, 3.8) is 0 Å². The molecule has 4 aromatic rings. The molecular formula is C28H34N6O2. The Morgan fingerprint density at radius 1 is 1.06 bits per heavy atom. The van der Waals surface area contributed by atoms with Crippen LogP contribution >= 0.6 is 0 Å². The number of piperidine rings is 1. The minimum atomic E-state index is 0.476. The fourth-order valence-corrected chi connectivity index (χ4v) is 5.14. The van der Waals surface area contributed by atoms with E-state index in [1.54, 1.807) is 0 Å². The second kappa shape index (κ2) is 10.8. The Kier molecular flexibility index (Phi) is 6.98. The molecule has 188 valence electrons. The van der Waals surface area contributed by atoms with Gasteiger partial charge in [-0.15, -0.1) is 0 Å². The van der Waals surface area contributed by atoms with Crippen LogP contribution in [0, 0.1) is 0 Å². The van der Waals surface area contributed by atoms with Gasteiger partial charge in [0.15, 0.2) is 0 Å². The van der Waals surface area contributed by atoms with E-state index in [-0.39, 0.29) is 0 Å². The number of benzene rings is 2. The summed E-state index contributed by atoms with van der Waals surface area (Å²) in [7, 11) is 0. The number of para-hydroxylation sites is 1. The maximum atomic E-state index is 6.03. The molecule has 2 N–H and O–H groups in total. The molecule has 8 heteroatoms. The molecular weight excluding hydrogens is 452 g/mol. The van der Waals surface area contributed by atoms with Crippen LogP contribution in [0.4, 0.5) is 5.69 Å². The first-order valence-corrected chi connectivity index (χ1v) is 13.1. The van der Waals surface area contributed by atoms with Crippen molar-refractivity contribution in [2.24, 2.45) is 0 Å². The fourth-order valence-electron chi connectivity index (χ4n) is 5.14. The smallest absolute Gasteiger partial charge is 0.139 e. The molecule has 0 amide bonds. The number of ether oxygens (including phenoxy) is 2. The normalized spacial score (nSPS) is 17.6. The summed E-state index contributed by atoms with van der Waals surface area (Å²) in [5, 5.41) is 8.30. The van der Waals surface area contributed by atoms with Gasteiger partial charge in [-0.3, -0.25) is 9.47 Å². The van der Waals surface area contributed by atoms with E-state index >= 15 is 0 Å². The number of fused-ring (bicyclic) bond motifs is 2. The molecule has 6 rings (SSSR count). The van der Waals surface area contributed by atoms with E-state index in [0.717, 1.165) is 104 Å². The van der Waals surface area contributed by atoms with Gasteiger partial charge in [0.05, 0.1) is 42.1 Å². The average molecular weight is 487 g/mol. The van der Waals surface area contributed by atoms with Gasteiger partial charge >= 0.3 is 0 Å². The molecule has 0 unspecified atom stereocenters. The first-order valence-electron chi connectivity index (χ1n) is 13.1. The molecule has 2 fully saturated rings. The molecule has 2 aromatic carbocycles. The van der Waals surface area contributed by atoms with Gasteiger partial charge in [0, 0.05) is 37.1 Å². The highest BCUT2D eigenvalue weighted by Crippen LogP contribution is 2.27. The van der Waals surface area contributed by atoms with Crippen LogP contribution in [0.1, 0.15) is 19.3 Å². The predicted octanol–water partition coefficient (Wildman–Crippen LogP) is 3.84. The monoisotopic (exact) mass is 486 g/mol. The molecule has 2 saturated heterocycles. The van der Waals surface area contributed by atoms with Crippen LogP contribution in [0.25, 0.3) is 27.8 Å². The third kappa shape index (κ3) is 5.16. The van der Waals surface area contributed by atoms with E-state index in [0.29, 0.717) is 12.6 Å². The van der Waals surface area contributed by atoms with Gasteiger partial charge in [-0.05, 0) is 62.7 Å². The summed E-state index contributed by atoms with van der Waals surface area (Å²) >= 11 is 0. The van der Waals surface area contributed by atoms with Crippen molar-refractivity contribution in [1.29, 1.82) is 0 Å². The maximum Gasteiger partial charge on any atom is 0.139 e. The van der Waals surface area contributed by atoms with E-state index in [4.69, 9.17) is 14.5 Å². The predicted molar refractivity (Wildman–Crippen MR) is 143 cm³/mol. The van der Waals surface area contributed by atoms with E-state index in [9.17, 15) is 0 Å². The molecule has 2 aliphatic rings. The van der Waals surface area contributed by atoms with Gasteiger partial charge in [0.25, 0.3) is 0 Å². The van der Waals surface area contributed by atoms with Crippen LogP contribution in [0.15, 0.2) is 54.9 Å². The molecule has 0 spiro atoms. The van der Waals surface area contributed by atoms with Crippen molar-refractivity contribution in [1.82, 2.24) is 24.8 Å². The Hall–Kier alpha value is -3.20. The zero-order valence-corrected chi connectivity index (χ0v) is 20.7. The molecule has 0 atom stereocenters. The number of hydrogen-bond acceptors (Lipinski definition) is 7. The van der Waals surface area contributed by atoms with Crippen LogP contribution < -0.4 is 15.4 Å². The lowest BCUT2D eigenvalue weighted by molar-refractivity contribution is 0.0358. The minimum absolute atomic E-state index is 0.476. The van der Waals surface area contributed by atoms with E-state index in [2.05, 4.69) is 61.5 Å². The third-order valence-electron chi connectivity index (χ3n) is 7.16. The molecule has 4 heterocycles. The summed E-state index contributed by atoms with van der Waals surface area (Å²) in [5.74, 6) is 1.72. The van der Waals surface area contributed by atoms with Crippen LogP contribution in [-0.4, -0.2) is 78.0 Å². The Morgan fingerprint density at radius 2 is 1.94 bits per heavy atom. The number of anilines is 1. The Labute approximate surface area is 211 Å². The number of hydrogen-bond donors (Lipinski definition) is 2. The Bertz CT molecular complexity index is 1310. The first kappa shape index (κ1) is 23.2. The van der Waals surface area contributed by atoms with Crippen molar-refractivity contribution in [3.8, 4) is 11.6 Å². The molecule has 36 heavy (non-hydrogen) atoms. The van der Waals surface area contributed by atoms with Crippen LogP contribution in [0.3, 0.4) is 0 Å². The van der Waals surface area contributed by atoms with Gasteiger partial charge in [-0.1, -0.05) is 12.1 Å². The van der Waals surface area contributed by atoms with Crippen molar-refractivity contribution in [2.45, 2.75) is 25.3 Å². The van der Waals surface area contributed by atoms with Gasteiger partial charge in [-0.25, -0.2) is 9.97 Å². The van der Waals surface area contributed by atoms with Crippen molar-refractivity contribution in [3.05, 3.63) is 54.9 Å². The molecule has 2 aliphatic heterocycles. The Balaban J connectivity index is 1.17. The molecule has 8 nitrogen and oxygen atoms in total. The lowest BCUT2D eigenvalue weighted by Gasteiger charge is -2.26. The minimum Gasteiger partial charge on any atom is -0.493 e. The number of pyridine rings is 1. The molecule has 0 radical (unpaired) electrons. The highest BCUT2D eigenvalue weighted by atomic mass is 16.5. The largest absolute Gasteiger partial charge is 0.493 e. The second-order valence-corrected chi connectivity index (χ2v) is 9.64. The maximum absolute atomic E-state index is 6.03. The van der Waals surface area contributed by atoms with Crippen molar-refractivity contribution in [2.75, 3.05) is 57.9 Å². The van der Waals surface area contributed by atoms with Gasteiger partial charge in [0.1, 0.15) is 17.9 Å². The zero-order valence-electron chi connectivity index (χ0n) is 20.7. The van der Waals surface area contributed by atoms with E-state index < -0.39 is 0 Å². The number of aromatic nitrogens is 3. The number of rotatable bonds is 8. The van der Waals surface area contributed by atoms with Gasteiger partial charge < -0.3 is 20.1 Å². The first-order chi connectivity index (χ1) is 17.8. The standard InChI is InChI=1S/C28H34N6O2/c1-3-21-5-8-27(32-28(21)24(4-1)31-22-9-11-29-12-10-22)34-20-30-25-19-23(6-7-26(25)34)36-16-2-13-33-14-17-35-18-15-33/h1,3-8,19-20,22,29,31H,2,9-18H2. The highest BCUT2D eigenvalue weighted by molar-refractivity contribution is 5.91. The van der Waals surface area contributed by atoms with Crippen LogP contribution in [-0.2, 0) is 4.74 Å². The van der Waals surface area contributed by atoms with E-state index in [1.807, 2.05) is 18.5 Å². The quantitative estimate of drug-likeness (QED) is 0.367. The third-order valence-corrected chi connectivity index (χ3v) is 7.16. The van der Waals surface area contributed by atoms with Gasteiger partial charge in [-0.2, -0.15) is 0 Å². The summed E-state index contributed by atoms with van der Waals surface area (Å²) in [4.78, 5) is 12.1. The fraction of sp³-hybridized carbons (Fsp3) is 0.429. The summed E-state index contributed by atoms with van der Waals surface area (Å²) in [6, 6.07) is 17.2. The molecule has 0 saturated carbocycles. The van der Waals surface area contributed by atoms with Crippen LogP contribution in [0.2, 0.25) is 0 Å². The van der Waals surface area contributed by atoms with Gasteiger partial charge in [0.2, 0.25) is 0 Å². The number of nitrogens with one attached hydrogen (secondary N) is 2. The molecule has 0 aliphatic carbocycles. The number of morpholine rings is 1.